The molecule has 41 heavy (non-hydrogen) atoms. The summed E-state index contributed by atoms with van der Waals surface area (Å²) in [6, 6.07) is 6.45. The van der Waals surface area contributed by atoms with Crippen molar-refractivity contribution in [2.75, 3.05) is 25.2 Å². The number of alkyl halides is 3. The molecule has 1 aliphatic rings. The van der Waals surface area contributed by atoms with Crippen LogP contribution in [0.25, 0.3) is 22.1 Å². The summed E-state index contributed by atoms with van der Waals surface area (Å²) < 4.78 is 69.0. The maximum Gasteiger partial charge on any atom is 0.450 e. The van der Waals surface area contributed by atoms with Gasteiger partial charge < -0.3 is 28.7 Å². The number of benzene rings is 2. The van der Waals surface area contributed by atoms with E-state index in [1.165, 1.54) is 42.1 Å². The highest BCUT2D eigenvalue weighted by Gasteiger charge is 2.40. The lowest BCUT2D eigenvalue weighted by molar-refractivity contribution is -0.152. The van der Waals surface area contributed by atoms with Gasteiger partial charge in [0.2, 0.25) is 11.2 Å². The SMILES string of the molecule is CSCCC(NC(=O)OC(C)(C)C)C(=O)Oc1ccc2c(=O)c(-c3ccc4c(c3)OCCO4)c(C(F)(F)F)oc2c1. The molecular formula is C28H28F3NO8S. The third-order valence-electron chi connectivity index (χ3n) is 5.76. The van der Waals surface area contributed by atoms with Gasteiger partial charge in [-0.2, -0.15) is 24.9 Å². The Morgan fingerprint density at radius 3 is 2.41 bits per heavy atom. The Kier molecular flexibility index (Phi) is 8.76. The lowest BCUT2D eigenvalue weighted by atomic mass is 10.0. The Morgan fingerprint density at radius 2 is 1.76 bits per heavy atom. The van der Waals surface area contributed by atoms with Crippen LogP contribution in [0.1, 0.15) is 33.0 Å². The summed E-state index contributed by atoms with van der Waals surface area (Å²) in [7, 11) is 0. The number of carbonyl (C=O) groups is 2. The maximum absolute atomic E-state index is 14.1. The second kappa shape index (κ2) is 11.9. The van der Waals surface area contributed by atoms with Gasteiger partial charge in [-0.05, 0) is 69.0 Å². The normalized spacial score (nSPS) is 13.9. The van der Waals surface area contributed by atoms with Gasteiger partial charge in [0.15, 0.2) is 11.5 Å². The Morgan fingerprint density at radius 1 is 1.05 bits per heavy atom. The zero-order valence-corrected chi connectivity index (χ0v) is 23.5. The standard InChI is InChI=1S/C28H28F3NO8S/c1-27(2,3)40-26(35)32-18(9-12-41-4)25(34)38-16-6-7-17-20(14-16)39-24(28(29,30)31)22(23(17)33)15-5-8-19-21(13-15)37-11-10-36-19/h5-8,13-14,18H,9-12H2,1-4H3,(H,32,35). The van der Waals surface area contributed by atoms with Crippen molar-refractivity contribution in [3.8, 4) is 28.4 Å². The van der Waals surface area contributed by atoms with E-state index >= 15 is 0 Å². The number of alkyl carbamates (subject to hydrolysis) is 1. The third kappa shape index (κ3) is 7.26. The van der Waals surface area contributed by atoms with Gasteiger partial charge in [0.25, 0.3) is 0 Å². The van der Waals surface area contributed by atoms with Gasteiger partial charge in [0.1, 0.15) is 36.2 Å². The minimum absolute atomic E-state index is 0.0578. The summed E-state index contributed by atoms with van der Waals surface area (Å²) in [4.78, 5) is 38.5. The highest BCUT2D eigenvalue weighted by molar-refractivity contribution is 7.98. The number of rotatable bonds is 7. The number of fused-ring (bicyclic) bond motifs is 2. The van der Waals surface area contributed by atoms with Crippen LogP contribution in [0.15, 0.2) is 45.6 Å². The summed E-state index contributed by atoms with van der Waals surface area (Å²) in [6.07, 6.45) is -3.83. The van der Waals surface area contributed by atoms with Crippen LogP contribution < -0.4 is 25.0 Å². The van der Waals surface area contributed by atoms with E-state index in [0.29, 0.717) is 18.1 Å². The lowest BCUT2D eigenvalue weighted by Gasteiger charge is -2.22. The molecule has 0 spiro atoms. The molecule has 1 unspecified atom stereocenters. The summed E-state index contributed by atoms with van der Waals surface area (Å²) in [5.74, 6) is -1.50. The molecule has 1 N–H and O–H groups in total. The van der Waals surface area contributed by atoms with E-state index in [1.807, 2.05) is 6.26 Å². The molecule has 220 valence electrons. The van der Waals surface area contributed by atoms with Crippen LogP contribution >= 0.6 is 11.8 Å². The molecule has 4 rings (SSSR count). The van der Waals surface area contributed by atoms with Gasteiger partial charge >= 0.3 is 18.2 Å². The molecule has 2 heterocycles. The van der Waals surface area contributed by atoms with Crippen molar-refractivity contribution < 1.29 is 46.1 Å². The molecule has 3 aromatic rings. The average Bonchev–Trinajstić information content (AvgIpc) is 2.89. The fraction of sp³-hybridized carbons (Fsp3) is 0.393. The quantitative estimate of drug-likeness (QED) is 0.267. The van der Waals surface area contributed by atoms with Crippen molar-refractivity contribution in [3.05, 3.63) is 52.4 Å². The Bertz CT molecular complexity index is 1510. The van der Waals surface area contributed by atoms with Gasteiger partial charge in [0.05, 0.1) is 10.9 Å². The Hall–Kier alpha value is -3.87. The summed E-state index contributed by atoms with van der Waals surface area (Å²) in [5, 5.41) is 2.30. The fourth-order valence-corrected chi connectivity index (χ4v) is 4.49. The Balaban J connectivity index is 1.68. The third-order valence-corrected chi connectivity index (χ3v) is 6.40. The zero-order chi connectivity index (χ0) is 29.9. The molecule has 13 heteroatoms. The van der Waals surface area contributed by atoms with Crippen molar-refractivity contribution in [1.29, 1.82) is 0 Å². The molecule has 2 aromatic carbocycles. The van der Waals surface area contributed by atoms with Gasteiger partial charge in [-0.15, -0.1) is 0 Å². The molecule has 1 aromatic heterocycles. The van der Waals surface area contributed by atoms with Crippen LogP contribution in [-0.2, 0) is 15.7 Å². The topological polar surface area (TPSA) is 113 Å². The molecule has 0 bridgehead atoms. The molecule has 1 aliphatic heterocycles. The highest BCUT2D eigenvalue weighted by Crippen LogP contribution is 2.40. The maximum atomic E-state index is 14.1. The van der Waals surface area contributed by atoms with Crippen LogP contribution in [0.4, 0.5) is 18.0 Å². The molecule has 0 saturated carbocycles. The van der Waals surface area contributed by atoms with Gasteiger partial charge in [-0.25, -0.2) is 9.59 Å². The molecule has 9 nitrogen and oxygen atoms in total. The van der Waals surface area contributed by atoms with Crippen LogP contribution in [0, 0.1) is 0 Å². The summed E-state index contributed by atoms with van der Waals surface area (Å²) in [5.41, 5.74) is -2.92. The number of amides is 1. The monoisotopic (exact) mass is 595 g/mol. The number of hydrogen-bond acceptors (Lipinski definition) is 9. The average molecular weight is 596 g/mol. The first-order valence-electron chi connectivity index (χ1n) is 12.5. The minimum atomic E-state index is -5.02. The van der Waals surface area contributed by atoms with E-state index in [-0.39, 0.29) is 35.5 Å². The summed E-state index contributed by atoms with van der Waals surface area (Å²) in [6.45, 7) is 5.50. The fourth-order valence-electron chi connectivity index (χ4n) is 4.02. The number of thioether (sulfide) groups is 1. The van der Waals surface area contributed by atoms with E-state index in [9.17, 15) is 27.6 Å². The van der Waals surface area contributed by atoms with Crippen molar-refractivity contribution >= 4 is 34.8 Å². The highest BCUT2D eigenvalue weighted by atomic mass is 32.2. The predicted octanol–water partition coefficient (Wildman–Crippen LogP) is 5.80. The van der Waals surface area contributed by atoms with Crippen LogP contribution in [0.3, 0.4) is 0 Å². The number of nitrogens with one attached hydrogen (secondary N) is 1. The number of halogens is 3. The first kappa shape index (κ1) is 30.1. The second-order valence-electron chi connectivity index (χ2n) is 10.1. The zero-order valence-electron chi connectivity index (χ0n) is 22.7. The smallest absolute Gasteiger partial charge is 0.450 e. The van der Waals surface area contributed by atoms with Crippen molar-refractivity contribution in [2.45, 2.75) is 45.0 Å². The number of ether oxygens (including phenoxy) is 4. The lowest BCUT2D eigenvalue weighted by Crippen LogP contribution is -2.45. The molecular weight excluding hydrogens is 567 g/mol. The van der Waals surface area contributed by atoms with Crippen molar-refractivity contribution in [3.63, 3.8) is 0 Å². The number of hydrogen-bond donors (Lipinski definition) is 1. The Labute approximate surface area is 237 Å². The molecule has 0 fully saturated rings. The summed E-state index contributed by atoms with van der Waals surface area (Å²) >= 11 is 1.44. The van der Waals surface area contributed by atoms with Gasteiger partial charge in [0, 0.05) is 6.07 Å². The molecule has 0 radical (unpaired) electrons. The van der Waals surface area contributed by atoms with Crippen LogP contribution in [0.5, 0.6) is 17.2 Å². The first-order valence-corrected chi connectivity index (χ1v) is 13.9. The van der Waals surface area contributed by atoms with Crippen LogP contribution in [0.2, 0.25) is 0 Å². The van der Waals surface area contributed by atoms with Crippen LogP contribution in [-0.4, -0.2) is 48.9 Å². The van der Waals surface area contributed by atoms with Gasteiger partial charge in [-0.1, -0.05) is 6.07 Å². The first-order chi connectivity index (χ1) is 19.3. The van der Waals surface area contributed by atoms with Crippen molar-refractivity contribution in [1.82, 2.24) is 5.32 Å². The van der Waals surface area contributed by atoms with E-state index < -0.39 is 52.2 Å². The van der Waals surface area contributed by atoms with E-state index in [0.717, 1.165) is 6.07 Å². The predicted molar refractivity (Wildman–Crippen MR) is 146 cm³/mol. The number of esters is 1. The van der Waals surface area contributed by atoms with E-state index in [2.05, 4.69) is 5.32 Å². The molecule has 1 amide bonds. The second-order valence-corrected chi connectivity index (χ2v) is 11.0. The minimum Gasteiger partial charge on any atom is -0.486 e. The van der Waals surface area contributed by atoms with Gasteiger partial charge in [-0.3, -0.25) is 4.79 Å². The van der Waals surface area contributed by atoms with E-state index in [1.54, 1.807) is 20.8 Å². The number of carbonyl (C=O) groups excluding carboxylic acids is 2. The largest absolute Gasteiger partial charge is 0.486 e. The van der Waals surface area contributed by atoms with E-state index in [4.69, 9.17) is 23.4 Å². The molecule has 0 aliphatic carbocycles. The molecule has 0 saturated heterocycles. The van der Waals surface area contributed by atoms with Crippen molar-refractivity contribution in [2.24, 2.45) is 0 Å². The molecule has 1 atom stereocenters.